The van der Waals surface area contributed by atoms with Crippen LogP contribution in [0.1, 0.15) is 0 Å². The first kappa shape index (κ1) is 27.9. The third kappa shape index (κ3) is 4.83. The first-order chi connectivity index (χ1) is 23.8. The van der Waals surface area contributed by atoms with Gasteiger partial charge in [0.25, 0.3) is 0 Å². The fourth-order valence-electron chi connectivity index (χ4n) is 7.05. The molecule has 9 rings (SSSR count). The van der Waals surface area contributed by atoms with E-state index in [1.807, 2.05) is 12.1 Å². The Kier molecular flexibility index (Phi) is 6.84. The van der Waals surface area contributed by atoms with Gasteiger partial charge in [-0.15, -0.1) is 0 Å². The Morgan fingerprint density at radius 3 is 1.62 bits per heavy atom. The first-order valence-electron chi connectivity index (χ1n) is 16.4. The van der Waals surface area contributed by atoms with Crippen molar-refractivity contribution in [3.63, 3.8) is 0 Å². The number of fused-ring (bicyclic) bond motifs is 4. The number of hydrogen-bond donors (Lipinski definition) is 0. The van der Waals surface area contributed by atoms with E-state index in [-0.39, 0.29) is 0 Å². The van der Waals surface area contributed by atoms with Gasteiger partial charge in [-0.05, 0) is 87.3 Å². The molecule has 226 valence electrons. The Bertz CT molecular complexity index is 2480. The molecular weight excluding hydrogens is 583 g/mol. The van der Waals surface area contributed by atoms with Gasteiger partial charge in [-0.25, -0.2) is 0 Å². The fraction of sp³-hybridized carbons (Fsp3) is 0. The van der Waals surface area contributed by atoms with Gasteiger partial charge in [-0.1, -0.05) is 140 Å². The van der Waals surface area contributed by atoms with E-state index in [4.69, 9.17) is 4.42 Å². The lowest BCUT2D eigenvalue weighted by Gasteiger charge is -2.29. The lowest BCUT2D eigenvalue weighted by Crippen LogP contribution is -2.11. The number of benzene rings is 8. The highest BCUT2D eigenvalue weighted by atomic mass is 16.3. The summed E-state index contributed by atoms with van der Waals surface area (Å²) in [6.45, 7) is 0. The molecule has 8 aromatic carbocycles. The molecule has 0 atom stereocenters. The second kappa shape index (κ2) is 11.8. The molecule has 0 unspecified atom stereocenters. The van der Waals surface area contributed by atoms with E-state index in [1.165, 1.54) is 16.3 Å². The highest BCUT2D eigenvalue weighted by Gasteiger charge is 2.22. The van der Waals surface area contributed by atoms with Crippen LogP contribution in [0.25, 0.3) is 66.1 Å². The summed E-state index contributed by atoms with van der Waals surface area (Å²) in [5.41, 5.74) is 12.0. The maximum atomic E-state index is 6.42. The Balaban J connectivity index is 1.37. The molecule has 0 radical (unpaired) electrons. The molecule has 2 nitrogen and oxygen atoms in total. The van der Waals surface area contributed by atoms with Crippen molar-refractivity contribution in [2.45, 2.75) is 0 Å². The standard InChI is InChI=1S/C46H31NO/c1-4-15-33(16-5-1)41-30-37(47(36-21-8-3-9-22-36)43-25-14-20-32-19-10-11-23-38(32)43)31-42(34-17-6-2-7-18-34)46(41)35-27-28-40-39-24-12-13-26-44(39)48-45(40)29-35/h1-31H. The van der Waals surface area contributed by atoms with Crippen LogP contribution in [-0.2, 0) is 0 Å². The van der Waals surface area contributed by atoms with E-state index >= 15 is 0 Å². The summed E-state index contributed by atoms with van der Waals surface area (Å²) in [4.78, 5) is 2.40. The van der Waals surface area contributed by atoms with E-state index in [1.54, 1.807) is 0 Å². The van der Waals surface area contributed by atoms with Crippen molar-refractivity contribution in [2.75, 3.05) is 4.90 Å². The number of nitrogens with zero attached hydrogens (tertiary/aromatic N) is 1. The summed E-state index contributed by atoms with van der Waals surface area (Å²) < 4.78 is 6.42. The Hall–Kier alpha value is -6.38. The number of hydrogen-bond acceptors (Lipinski definition) is 2. The SMILES string of the molecule is c1ccc(-c2cc(N(c3ccccc3)c3cccc4ccccc34)cc(-c3ccccc3)c2-c2ccc3c(c2)oc2ccccc23)cc1. The molecular formula is C46H31NO. The monoisotopic (exact) mass is 613 g/mol. The third-order valence-electron chi connectivity index (χ3n) is 9.24. The molecule has 0 fully saturated rings. The van der Waals surface area contributed by atoms with E-state index in [0.717, 1.165) is 66.8 Å². The lowest BCUT2D eigenvalue weighted by molar-refractivity contribution is 0.669. The zero-order valence-corrected chi connectivity index (χ0v) is 26.3. The minimum Gasteiger partial charge on any atom is -0.456 e. The van der Waals surface area contributed by atoms with E-state index in [9.17, 15) is 0 Å². The molecule has 2 heteroatoms. The molecule has 0 aliphatic carbocycles. The smallest absolute Gasteiger partial charge is 0.136 e. The highest BCUT2D eigenvalue weighted by Crippen LogP contribution is 2.47. The summed E-state index contributed by atoms with van der Waals surface area (Å²) in [7, 11) is 0. The third-order valence-corrected chi connectivity index (χ3v) is 9.24. The largest absolute Gasteiger partial charge is 0.456 e. The summed E-state index contributed by atoms with van der Waals surface area (Å²) in [6.07, 6.45) is 0. The van der Waals surface area contributed by atoms with Gasteiger partial charge in [0.1, 0.15) is 11.2 Å². The number of anilines is 3. The van der Waals surface area contributed by atoms with Crippen LogP contribution in [-0.4, -0.2) is 0 Å². The van der Waals surface area contributed by atoms with Crippen LogP contribution in [0.4, 0.5) is 17.1 Å². The van der Waals surface area contributed by atoms with Crippen LogP contribution in [0.2, 0.25) is 0 Å². The van der Waals surface area contributed by atoms with Gasteiger partial charge in [0.05, 0.1) is 5.69 Å². The Morgan fingerprint density at radius 1 is 0.354 bits per heavy atom. The number of rotatable bonds is 6. The molecule has 0 saturated carbocycles. The van der Waals surface area contributed by atoms with Crippen molar-refractivity contribution < 1.29 is 4.42 Å². The van der Waals surface area contributed by atoms with Gasteiger partial charge in [-0.3, -0.25) is 0 Å². The molecule has 1 heterocycles. The molecule has 48 heavy (non-hydrogen) atoms. The Labute approximate surface area is 279 Å². The number of furan rings is 1. The van der Waals surface area contributed by atoms with Gasteiger partial charge in [0, 0.05) is 27.5 Å². The van der Waals surface area contributed by atoms with E-state index in [0.29, 0.717) is 0 Å². The summed E-state index contributed by atoms with van der Waals surface area (Å²) in [5.74, 6) is 0. The predicted octanol–water partition coefficient (Wildman–Crippen LogP) is 13.2. The minimum atomic E-state index is 0.887. The quantitative estimate of drug-likeness (QED) is 0.185. The predicted molar refractivity (Wildman–Crippen MR) is 202 cm³/mol. The Morgan fingerprint density at radius 2 is 0.917 bits per heavy atom. The van der Waals surface area contributed by atoms with E-state index < -0.39 is 0 Å². The summed E-state index contributed by atoms with van der Waals surface area (Å²) in [6, 6.07) is 67.0. The highest BCUT2D eigenvalue weighted by molar-refractivity contribution is 6.08. The minimum absolute atomic E-state index is 0.887. The van der Waals surface area contributed by atoms with Gasteiger partial charge in [-0.2, -0.15) is 0 Å². The van der Waals surface area contributed by atoms with Gasteiger partial charge in [0.2, 0.25) is 0 Å². The molecule has 0 N–H and O–H groups in total. The fourth-order valence-corrected chi connectivity index (χ4v) is 7.05. The lowest BCUT2D eigenvalue weighted by atomic mass is 9.86. The van der Waals surface area contributed by atoms with Gasteiger partial charge < -0.3 is 9.32 Å². The molecule has 0 aliphatic rings. The van der Waals surface area contributed by atoms with Crippen molar-refractivity contribution in [3.05, 3.63) is 188 Å². The van der Waals surface area contributed by atoms with Crippen molar-refractivity contribution >= 4 is 49.8 Å². The average molecular weight is 614 g/mol. The summed E-state index contributed by atoms with van der Waals surface area (Å²) in [5, 5.41) is 4.67. The zero-order chi connectivity index (χ0) is 31.9. The normalized spacial score (nSPS) is 11.3. The second-order valence-corrected chi connectivity index (χ2v) is 12.1. The van der Waals surface area contributed by atoms with Crippen LogP contribution in [0, 0.1) is 0 Å². The zero-order valence-electron chi connectivity index (χ0n) is 26.3. The van der Waals surface area contributed by atoms with Gasteiger partial charge >= 0.3 is 0 Å². The van der Waals surface area contributed by atoms with Crippen LogP contribution < -0.4 is 4.90 Å². The maximum Gasteiger partial charge on any atom is 0.136 e. The molecule has 0 aliphatic heterocycles. The first-order valence-corrected chi connectivity index (χ1v) is 16.4. The van der Waals surface area contributed by atoms with Crippen molar-refractivity contribution in [3.8, 4) is 33.4 Å². The second-order valence-electron chi connectivity index (χ2n) is 12.1. The molecule has 0 saturated heterocycles. The molecule has 9 aromatic rings. The number of para-hydroxylation sites is 2. The summed E-state index contributed by atoms with van der Waals surface area (Å²) >= 11 is 0. The molecule has 0 spiro atoms. The van der Waals surface area contributed by atoms with Crippen LogP contribution in [0.3, 0.4) is 0 Å². The molecule has 0 amide bonds. The van der Waals surface area contributed by atoms with Crippen LogP contribution >= 0.6 is 0 Å². The van der Waals surface area contributed by atoms with Crippen LogP contribution in [0.15, 0.2) is 192 Å². The topological polar surface area (TPSA) is 16.4 Å². The van der Waals surface area contributed by atoms with Crippen molar-refractivity contribution in [2.24, 2.45) is 0 Å². The van der Waals surface area contributed by atoms with Crippen molar-refractivity contribution in [1.82, 2.24) is 0 Å². The molecule has 1 aromatic heterocycles. The maximum absolute atomic E-state index is 6.42. The molecule has 0 bridgehead atoms. The van der Waals surface area contributed by atoms with Gasteiger partial charge in [0.15, 0.2) is 0 Å². The average Bonchev–Trinajstić information content (AvgIpc) is 3.54. The van der Waals surface area contributed by atoms with Crippen LogP contribution in [0.5, 0.6) is 0 Å². The van der Waals surface area contributed by atoms with E-state index in [2.05, 4.69) is 181 Å². The van der Waals surface area contributed by atoms with Crippen molar-refractivity contribution in [1.29, 1.82) is 0 Å².